The van der Waals surface area contributed by atoms with Crippen molar-refractivity contribution in [3.63, 3.8) is 0 Å². The van der Waals surface area contributed by atoms with Crippen molar-refractivity contribution in [1.82, 2.24) is 14.2 Å². The van der Waals surface area contributed by atoms with Crippen LogP contribution >= 0.6 is 0 Å². The van der Waals surface area contributed by atoms with Gasteiger partial charge in [-0.05, 0) is 0 Å². The van der Waals surface area contributed by atoms with Gasteiger partial charge in [-0.2, -0.15) is 0 Å². The molecule has 4 heteroatoms. The lowest BCUT2D eigenvalue weighted by molar-refractivity contribution is 0.0916. The smallest absolute Gasteiger partial charge is 0.242 e. The van der Waals surface area contributed by atoms with E-state index >= 15 is 0 Å². The molecule has 0 saturated heterocycles. The van der Waals surface area contributed by atoms with Crippen molar-refractivity contribution in [1.29, 1.82) is 0 Å². The third-order valence-corrected chi connectivity index (χ3v) is 1.57. The number of hydrogen-bond donors (Lipinski definition) is 0. The number of imidazole rings is 1. The van der Waals surface area contributed by atoms with E-state index < -0.39 is 0 Å². The van der Waals surface area contributed by atoms with Gasteiger partial charge in [0.1, 0.15) is 0 Å². The van der Waals surface area contributed by atoms with Crippen LogP contribution in [0.5, 0.6) is 0 Å². The molecule has 0 spiro atoms. The van der Waals surface area contributed by atoms with Crippen molar-refractivity contribution in [2.45, 2.75) is 6.92 Å². The molecule has 0 N–H and O–H groups in total. The van der Waals surface area contributed by atoms with Crippen molar-refractivity contribution >= 4 is 11.6 Å². The second-order valence-electron chi connectivity index (χ2n) is 2.31. The molecule has 11 heavy (non-hydrogen) atoms. The molecule has 0 amide bonds. The van der Waals surface area contributed by atoms with Gasteiger partial charge in [-0.1, -0.05) is 0 Å². The van der Waals surface area contributed by atoms with Crippen LogP contribution in [0.1, 0.15) is 11.7 Å². The molecular weight excluding hydrogens is 142 g/mol. The molecule has 0 aromatic carbocycles. The zero-order chi connectivity index (χ0) is 7.84. The van der Waals surface area contributed by atoms with Crippen LogP contribution in [-0.4, -0.2) is 20.1 Å². The number of fused-ring (bicyclic) bond motifs is 1. The summed E-state index contributed by atoms with van der Waals surface area (Å²) in [6.45, 7) is 1.51. The first kappa shape index (κ1) is 6.15. The largest absolute Gasteiger partial charge is 0.273 e. The number of carbonyl (C=O) groups excluding carboxylic acids is 1. The molecule has 0 unspecified atom stereocenters. The summed E-state index contributed by atoms with van der Waals surface area (Å²) in [4.78, 5) is 14.9. The average molecular weight is 149 g/mol. The highest BCUT2D eigenvalue weighted by atomic mass is 16.2. The van der Waals surface area contributed by atoms with E-state index in [1.807, 2.05) is 0 Å². The second kappa shape index (κ2) is 1.95. The van der Waals surface area contributed by atoms with E-state index in [0.29, 0.717) is 0 Å². The van der Waals surface area contributed by atoms with Gasteiger partial charge in [-0.15, -0.1) is 0 Å². The summed E-state index contributed by atoms with van der Waals surface area (Å²) in [6.07, 6.45) is 5.11. The molecule has 2 aromatic heterocycles. The van der Waals surface area contributed by atoms with Gasteiger partial charge < -0.3 is 0 Å². The molecule has 0 aliphatic carbocycles. The van der Waals surface area contributed by atoms with Crippen LogP contribution in [0, 0.1) is 0 Å². The van der Waals surface area contributed by atoms with Crippen molar-refractivity contribution in [2.24, 2.45) is 0 Å². The lowest BCUT2D eigenvalue weighted by atomic mass is 10.7. The standard InChI is InChI=1S/C7H7N3O/c1-6(11)9-4-2-7-8-3-5-10(7)9/h2-5H,1H3. The fourth-order valence-electron chi connectivity index (χ4n) is 1.08. The van der Waals surface area contributed by atoms with Gasteiger partial charge in [0, 0.05) is 31.6 Å². The normalized spacial score (nSPS) is 10.6. The van der Waals surface area contributed by atoms with E-state index in [1.165, 1.54) is 11.6 Å². The molecule has 0 bridgehead atoms. The van der Waals surface area contributed by atoms with Crippen LogP contribution in [0.3, 0.4) is 0 Å². The van der Waals surface area contributed by atoms with Crippen LogP contribution in [0.15, 0.2) is 24.7 Å². The van der Waals surface area contributed by atoms with Gasteiger partial charge in [0.15, 0.2) is 5.65 Å². The van der Waals surface area contributed by atoms with Crippen LogP contribution in [-0.2, 0) is 0 Å². The highest BCUT2D eigenvalue weighted by Gasteiger charge is 2.01. The molecular formula is C7H7N3O. The van der Waals surface area contributed by atoms with Gasteiger partial charge in [0.05, 0.1) is 0 Å². The lowest BCUT2D eigenvalue weighted by Crippen LogP contribution is -2.09. The monoisotopic (exact) mass is 149 g/mol. The van der Waals surface area contributed by atoms with E-state index in [-0.39, 0.29) is 5.91 Å². The Morgan fingerprint density at radius 2 is 2.36 bits per heavy atom. The summed E-state index contributed by atoms with van der Waals surface area (Å²) in [5.41, 5.74) is 0.792. The Kier molecular flexibility index (Phi) is 1.09. The van der Waals surface area contributed by atoms with E-state index in [1.54, 1.807) is 29.2 Å². The maximum absolute atomic E-state index is 10.9. The molecule has 2 rings (SSSR count). The number of rotatable bonds is 0. The minimum Gasteiger partial charge on any atom is -0.273 e. The summed E-state index contributed by atoms with van der Waals surface area (Å²) >= 11 is 0. The Balaban J connectivity index is 2.78. The average Bonchev–Trinajstić information content (AvgIpc) is 2.41. The Bertz CT molecular complexity index is 398. The minimum absolute atomic E-state index is 0.0157. The number of carbonyl (C=O) groups is 1. The Morgan fingerprint density at radius 3 is 3.09 bits per heavy atom. The van der Waals surface area contributed by atoms with E-state index in [4.69, 9.17) is 0 Å². The van der Waals surface area contributed by atoms with Crippen molar-refractivity contribution in [3.8, 4) is 0 Å². The zero-order valence-electron chi connectivity index (χ0n) is 6.06. The number of hydrogen-bond acceptors (Lipinski definition) is 2. The first-order valence-electron chi connectivity index (χ1n) is 3.30. The Hall–Kier alpha value is -1.58. The quantitative estimate of drug-likeness (QED) is 0.555. The molecule has 0 atom stereocenters. The van der Waals surface area contributed by atoms with E-state index in [0.717, 1.165) is 5.65 Å². The number of nitrogens with zero attached hydrogens (tertiary/aromatic N) is 3. The van der Waals surface area contributed by atoms with Gasteiger partial charge in [0.2, 0.25) is 5.91 Å². The third kappa shape index (κ3) is 0.756. The predicted molar refractivity (Wildman–Crippen MR) is 39.5 cm³/mol. The molecule has 0 aliphatic rings. The summed E-state index contributed by atoms with van der Waals surface area (Å²) in [6, 6.07) is 1.79. The van der Waals surface area contributed by atoms with Gasteiger partial charge in [-0.3, -0.25) is 4.79 Å². The fraction of sp³-hybridized carbons (Fsp3) is 0.143. The lowest BCUT2D eigenvalue weighted by Gasteiger charge is -1.95. The summed E-state index contributed by atoms with van der Waals surface area (Å²) < 4.78 is 3.20. The Morgan fingerprint density at radius 1 is 1.55 bits per heavy atom. The van der Waals surface area contributed by atoms with Crippen molar-refractivity contribution in [2.75, 3.05) is 0 Å². The summed E-state index contributed by atoms with van der Waals surface area (Å²) in [5.74, 6) is -0.0157. The van der Waals surface area contributed by atoms with Gasteiger partial charge in [-0.25, -0.2) is 14.2 Å². The molecule has 4 nitrogen and oxygen atoms in total. The van der Waals surface area contributed by atoms with Crippen LogP contribution in [0.2, 0.25) is 0 Å². The molecule has 0 saturated carbocycles. The van der Waals surface area contributed by atoms with Crippen LogP contribution in [0.25, 0.3) is 5.65 Å². The first-order chi connectivity index (χ1) is 5.29. The topological polar surface area (TPSA) is 39.3 Å². The summed E-state index contributed by atoms with van der Waals surface area (Å²) in [5, 5.41) is 0. The molecule has 2 heterocycles. The zero-order valence-corrected chi connectivity index (χ0v) is 6.06. The Labute approximate surface area is 63.0 Å². The predicted octanol–water partition coefficient (Wildman–Crippen LogP) is 0.796. The highest BCUT2D eigenvalue weighted by molar-refractivity contribution is 5.75. The van der Waals surface area contributed by atoms with Crippen LogP contribution in [0.4, 0.5) is 0 Å². The van der Waals surface area contributed by atoms with E-state index in [9.17, 15) is 4.79 Å². The second-order valence-corrected chi connectivity index (χ2v) is 2.31. The van der Waals surface area contributed by atoms with Crippen molar-refractivity contribution < 1.29 is 4.79 Å². The summed E-state index contributed by atoms with van der Waals surface area (Å²) in [7, 11) is 0. The van der Waals surface area contributed by atoms with Crippen LogP contribution < -0.4 is 0 Å². The maximum atomic E-state index is 10.9. The molecule has 0 fully saturated rings. The van der Waals surface area contributed by atoms with Gasteiger partial charge in [0.25, 0.3) is 0 Å². The number of aromatic nitrogens is 3. The fourth-order valence-corrected chi connectivity index (χ4v) is 1.08. The van der Waals surface area contributed by atoms with Crippen molar-refractivity contribution in [3.05, 3.63) is 24.7 Å². The maximum Gasteiger partial charge on any atom is 0.242 e. The molecule has 2 aromatic rings. The molecule has 0 radical (unpaired) electrons. The first-order valence-corrected chi connectivity index (χ1v) is 3.30. The van der Waals surface area contributed by atoms with E-state index in [2.05, 4.69) is 4.98 Å². The third-order valence-electron chi connectivity index (χ3n) is 1.57. The van der Waals surface area contributed by atoms with Gasteiger partial charge >= 0.3 is 0 Å². The minimum atomic E-state index is -0.0157. The highest BCUT2D eigenvalue weighted by Crippen LogP contribution is 2.00. The molecule has 0 aliphatic heterocycles. The molecule has 56 valence electrons. The SMILES string of the molecule is CC(=O)n1ccc2nccn21.